The molecule has 1 aliphatic carbocycles. The highest BCUT2D eigenvalue weighted by Gasteiger charge is 2.22. The van der Waals surface area contributed by atoms with Crippen molar-refractivity contribution in [1.82, 2.24) is 15.3 Å². The van der Waals surface area contributed by atoms with Crippen LogP contribution in [-0.2, 0) is 6.42 Å². The number of benzene rings is 2. The molecule has 0 unspecified atom stereocenters. The molecule has 0 saturated heterocycles. The van der Waals surface area contributed by atoms with E-state index in [9.17, 15) is 10.1 Å². The predicted octanol–water partition coefficient (Wildman–Crippen LogP) is 5.13. The minimum absolute atomic E-state index is 0.147. The van der Waals surface area contributed by atoms with E-state index in [0.29, 0.717) is 23.6 Å². The van der Waals surface area contributed by atoms with Crippen LogP contribution in [0.5, 0.6) is 0 Å². The standard InChI is InChI=1S/C28H33N5O/c1-33(2)27-24-11-5-6-12-25(24)31-26(32-27)13-7-8-20-14-16-21(17-15-20)19-30-28(34)23-10-4-3-9-22(23)18-29/h3-6,9-12,20-21H,7-8,13-17,19H2,1-2H3,(H,30,34). The third-order valence-corrected chi connectivity index (χ3v) is 6.88. The fraction of sp³-hybridized carbons (Fsp3) is 0.429. The SMILES string of the molecule is CN(C)c1nc(CCCC2CCC(CNC(=O)c3ccccc3C#N)CC2)nc2ccccc12. The molecule has 1 saturated carbocycles. The van der Waals surface area contributed by atoms with Gasteiger partial charge in [-0.15, -0.1) is 0 Å². The van der Waals surface area contributed by atoms with E-state index in [0.717, 1.165) is 54.1 Å². The second-order valence-electron chi connectivity index (χ2n) is 9.52. The molecule has 0 atom stereocenters. The summed E-state index contributed by atoms with van der Waals surface area (Å²) in [5.74, 6) is 3.02. The molecular weight excluding hydrogens is 422 g/mol. The van der Waals surface area contributed by atoms with Crippen LogP contribution in [0.4, 0.5) is 5.82 Å². The number of hydrogen-bond acceptors (Lipinski definition) is 5. The van der Waals surface area contributed by atoms with Gasteiger partial charge in [0.25, 0.3) is 5.91 Å². The summed E-state index contributed by atoms with van der Waals surface area (Å²) in [4.78, 5) is 24.2. The highest BCUT2D eigenvalue weighted by Crippen LogP contribution is 2.32. The van der Waals surface area contributed by atoms with Crippen LogP contribution in [0.3, 0.4) is 0 Å². The molecular formula is C28H33N5O. The first-order valence-corrected chi connectivity index (χ1v) is 12.3. The number of nitriles is 1. The molecule has 1 heterocycles. The van der Waals surface area contributed by atoms with Crippen LogP contribution in [0.25, 0.3) is 10.9 Å². The van der Waals surface area contributed by atoms with Crippen LogP contribution in [0.15, 0.2) is 48.5 Å². The number of nitrogens with zero attached hydrogens (tertiary/aromatic N) is 4. The molecule has 2 aromatic carbocycles. The fourth-order valence-corrected chi connectivity index (χ4v) is 4.94. The summed E-state index contributed by atoms with van der Waals surface area (Å²) in [6.45, 7) is 0.684. The van der Waals surface area contributed by atoms with Gasteiger partial charge in [-0.05, 0) is 55.4 Å². The smallest absolute Gasteiger partial charge is 0.252 e. The molecule has 1 N–H and O–H groups in total. The van der Waals surface area contributed by atoms with Crippen LogP contribution in [0, 0.1) is 23.2 Å². The number of amides is 1. The molecule has 6 heteroatoms. The number of fused-ring (bicyclic) bond motifs is 1. The molecule has 34 heavy (non-hydrogen) atoms. The number of nitrogens with one attached hydrogen (secondary N) is 1. The first kappa shape index (κ1) is 23.7. The zero-order chi connectivity index (χ0) is 23.9. The second kappa shape index (κ2) is 11.1. The number of para-hydroxylation sites is 1. The number of hydrogen-bond donors (Lipinski definition) is 1. The zero-order valence-corrected chi connectivity index (χ0v) is 20.1. The van der Waals surface area contributed by atoms with Crippen molar-refractivity contribution in [2.24, 2.45) is 11.8 Å². The van der Waals surface area contributed by atoms with Crippen LogP contribution >= 0.6 is 0 Å². The molecule has 6 nitrogen and oxygen atoms in total. The lowest BCUT2D eigenvalue weighted by molar-refractivity contribution is 0.0940. The van der Waals surface area contributed by atoms with E-state index in [2.05, 4.69) is 28.4 Å². The average molecular weight is 456 g/mol. The van der Waals surface area contributed by atoms with E-state index in [4.69, 9.17) is 9.97 Å². The van der Waals surface area contributed by atoms with Crippen molar-refractivity contribution >= 4 is 22.6 Å². The van der Waals surface area contributed by atoms with Crippen LogP contribution < -0.4 is 10.2 Å². The van der Waals surface area contributed by atoms with E-state index in [1.165, 1.54) is 19.3 Å². The Hall–Kier alpha value is -3.46. The first-order chi connectivity index (χ1) is 16.5. The number of rotatable bonds is 8. The molecule has 0 radical (unpaired) electrons. The largest absolute Gasteiger partial charge is 0.362 e. The van der Waals surface area contributed by atoms with Gasteiger partial charge in [-0.1, -0.05) is 43.5 Å². The van der Waals surface area contributed by atoms with Gasteiger partial charge in [0, 0.05) is 32.4 Å². The first-order valence-electron chi connectivity index (χ1n) is 12.3. The Morgan fingerprint density at radius 3 is 2.50 bits per heavy atom. The summed E-state index contributed by atoms with van der Waals surface area (Å²) in [7, 11) is 4.06. The molecule has 1 aromatic heterocycles. The van der Waals surface area contributed by atoms with Crippen LogP contribution in [-0.4, -0.2) is 36.5 Å². The molecule has 176 valence electrons. The molecule has 1 fully saturated rings. The Bertz CT molecular complexity index is 1170. The highest BCUT2D eigenvalue weighted by molar-refractivity contribution is 5.96. The lowest BCUT2D eigenvalue weighted by Gasteiger charge is -2.28. The summed E-state index contributed by atoms with van der Waals surface area (Å²) < 4.78 is 0. The van der Waals surface area contributed by atoms with Crippen molar-refractivity contribution < 1.29 is 4.79 Å². The molecule has 1 amide bonds. The summed E-state index contributed by atoms with van der Waals surface area (Å²) in [5, 5.41) is 13.3. The zero-order valence-electron chi connectivity index (χ0n) is 20.1. The van der Waals surface area contributed by atoms with Gasteiger partial charge in [-0.2, -0.15) is 5.26 Å². The molecule has 0 spiro atoms. The summed E-state index contributed by atoms with van der Waals surface area (Å²) in [6, 6.07) is 17.3. The Kier molecular flexibility index (Phi) is 7.74. The lowest BCUT2D eigenvalue weighted by atomic mass is 9.79. The van der Waals surface area contributed by atoms with Crippen molar-refractivity contribution in [3.8, 4) is 6.07 Å². The van der Waals surface area contributed by atoms with Crippen molar-refractivity contribution in [2.45, 2.75) is 44.9 Å². The molecule has 0 aliphatic heterocycles. The minimum atomic E-state index is -0.147. The monoisotopic (exact) mass is 455 g/mol. The summed E-state index contributed by atoms with van der Waals surface area (Å²) >= 11 is 0. The van der Waals surface area contributed by atoms with Gasteiger partial charge in [0.15, 0.2) is 0 Å². The van der Waals surface area contributed by atoms with Gasteiger partial charge in [-0.25, -0.2) is 9.97 Å². The number of aryl methyl sites for hydroxylation is 1. The maximum atomic E-state index is 12.5. The van der Waals surface area contributed by atoms with E-state index < -0.39 is 0 Å². The molecule has 1 aliphatic rings. The third kappa shape index (κ3) is 5.72. The van der Waals surface area contributed by atoms with E-state index >= 15 is 0 Å². The normalized spacial score (nSPS) is 17.8. The quantitative estimate of drug-likeness (QED) is 0.509. The number of carbonyl (C=O) groups is 1. The number of anilines is 1. The van der Waals surface area contributed by atoms with Gasteiger partial charge < -0.3 is 10.2 Å². The number of carbonyl (C=O) groups excluding carboxylic acids is 1. The highest BCUT2D eigenvalue weighted by atomic mass is 16.1. The minimum Gasteiger partial charge on any atom is -0.362 e. The number of aromatic nitrogens is 2. The maximum absolute atomic E-state index is 12.5. The van der Waals surface area contributed by atoms with Crippen molar-refractivity contribution in [2.75, 3.05) is 25.5 Å². The Balaban J connectivity index is 1.22. The fourth-order valence-electron chi connectivity index (χ4n) is 4.94. The van der Waals surface area contributed by atoms with E-state index in [1.807, 2.05) is 26.2 Å². The van der Waals surface area contributed by atoms with Gasteiger partial charge in [0.1, 0.15) is 11.6 Å². The average Bonchev–Trinajstić information content (AvgIpc) is 2.87. The molecule has 3 aromatic rings. The predicted molar refractivity (Wildman–Crippen MR) is 136 cm³/mol. The Morgan fingerprint density at radius 2 is 1.74 bits per heavy atom. The van der Waals surface area contributed by atoms with Gasteiger partial charge in [0.05, 0.1) is 22.7 Å². The topological polar surface area (TPSA) is 81.9 Å². The lowest BCUT2D eigenvalue weighted by Crippen LogP contribution is -2.31. The van der Waals surface area contributed by atoms with Crippen molar-refractivity contribution in [3.63, 3.8) is 0 Å². The third-order valence-electron chi connectivity index (χ3n) is 6.88. The Labute approximate surface area is 202 Å². The molecule has 4 rings (SSSR count). The van der Waals surface area contributed by atoms with E-state index in [-0.39, 0.29) is 5.91 Å². The summed E-state index contributed by atoms with van der Waals surface area (Å²) in [5.41, 5.74) is 1.90. The van der Waals surface area contributed by atoms with Gasteiger partial charge >= 0.3 is 0 Å². The van der Waals surface area contributed by atoms with Crippen molar-refractivity contribution in [1.29, 1.82) is 5.26 Å². The van der Waals surface area contributed by atoms with Gasteiger partial charge in [0.2, 0.25) is 0 Å². The van der Waals surface area contributed by atoms with Crippen LogP contribution in [0.2, 0.25) is 0 Å². The second-order valence-corrected chi connectivity index (χ2v) is 9.52. The Morgan fingerprint density at radius 1 is 1.03 bits per heavy atom. The van der Waals surface area contributed by atoms with Crippen molar-refractivity contribution in [3.05, 3.63) is 65.5 Å². The molecule has 0 bridgehead atoms. The maximum Gasteiger partial charge on any atom is 0.252 e. The summed E-state index contributed by atoms with van der Waals surface area (Å²) in [6.07, 6.45) is 7.89. The van der Waals surface area contributed by atoms with E-state index in [1.54, 1.807) is 24.3 Å². The van der Waals surface area contributed by atoms with Crippen LogP contribution in [0.1, 0.15) is 60.3 Å². The van der Waals surface area contributed by atoms with Gasteiger partial charge in [-0.3, -0.25) is 4.79 Å².